The first-order chi connectivity index (χ1) is 6.24. The Morgan fingerprint density at radius 2 is 1.92 bits per heavy atom. The number of hydrogen-bond donors (Lipinski definition) is 1. The summed E-state index contributed by atoms with van der Waals surface area (Å²) < 4.78 is 0. The van der Waals surface area contributed by atoms with Gasteiger partial charge >= 0.3 is 0 Å². The number of hydrogen-bond acceptors (Lipinski definition) is 1. The summed E-state index contributed by atoms with van der Waals surface area (Å²) in [5.41, 5.74) is 3.75. The lowest BCUT2D eigenvalue weighted by Gasteiger charge is -2.05. The topological polar surface area (TPSA) is 12.0 Å². The zero-order valence-corrected chi connectivity index (χ0v) is 8.43. The van der Waals surface area contributed by atoms with Crippen molar-refractivity contribution in [3.63, 3.8) is 0 Å². The Labute approximate surface area is 80.5 Å². The molecule has 1 N–H and O–H groups in total. The van der Waals surface area contributed by atoms with E-state index in [-0.39, 0.29) is 0 Å². The van der Waals surface area contributed by atoms with Crippen LogP contribution in [0, 0.1) is 6.92 Å². The van der Waals surface area contributed by atoms with Crippen LogP contribution >= 0.6 is 0 Å². The van der Waals surface area contributed by atoms with Crippen LogP contribution in [-0.2, 0) is 0 Å². The van der Waals surface area contributed by atoms with Crippen LogP contribution in [0.4, 0.5) is 0 Å². The van der Waals surface area contributed by atoms with Gasteiger partial charge in [0.2, 0.25) is 0 Å². The third-order valence-electron chi connectivity index (χ3n) is 2.14. The van der Waals surface area contributed by atoms with Gasteiger partial charge in [-0.15, -0.1) is 0 Å². The van der Waals surface area contributed by atoms with Crippen LogP contribution in [0.25, 0.3) is 5.57 Å². The minimum absolute atomic E-state index is 0.993. The lowest BCUT2D eigenvalue weighted by Crippen LogP contribution is -2.07. The lowest BCUT2D eigenvalue weighted by atomic mass is 10.0. The fraction of sp³-hybridized carbons (Fsp3) is 0.333. The van der Waals surface area contributed by atoms with Gasteiger partial charge < -0.3 is 5.32 Å². The second-order valence-electron chi connectivity index (χ2n) is 3.32. The third kappa shape index (κ3) is 3.03. The van der Waals surface area contributed by atoms with Gasteiger partial charge in [-0.05, 0) is 38.1 Å². The summed E-state index contributed by atoms with van der Waals surface area (Å²) in [5.74, 6) is 0. The van der Waals surface area contributed by atoms with E-state index >= 15 is 0 Å². The van der Waals surface area contributed by atoms with E-state index in [0.29, 0.717) is 0 Å². The summed E-state index contributed by atoms with van der Waals surface area (Å²) >= 11 is 0. The zero-order valence-electron chi connectivity index (χ0n) is 8.43. The van der Waals surface area contributed by atoms with Crippen molar-refractivity contribution < 1.29 is 0 Å². The average Bonchev–Trinajstić information content (AvgIpc) is 2.15. The summed E-state index contributed by atoms with van der Waals surface area (Å²) in [4.78, 5) is 0. The Kier molecular flexibility index (Phi) is 3.71. The zero-order chi connectivity index (χ0) is 9.68. The summed E-state index contributed by atoms with van der Waals surface area (Å²) in [6.45, 7) is 7.14. The van der Waals surface area contributed by atoms with Gasteiger partial charge in [0.1, 0.15) is 0 Å². The largest absolute Gasteiger partial charge is 0.319 e. The number of nitrogens with one attached hydrogen (secondary N) is 1. The van der Waals surface area contributed by atoms with Crippen LogP contribution in [0.3, 0.4) is 0 Å². The van der Waals surface area contributed by atoms with E-state index in [1.54, 1.807) is 0 Å². The molecule has 0 fully saturated rings. The van der Waals surface area contributed by atoms with E-state index in [2.05, 4.69) is 43.1 Å². The second-order valence-corrected chi connectivity index (χ2v) is 3.32. The molecule has 1 aromatic carbocycles. The highest BCUT2D eigenvalue weighted by molar-refractivity contribution is 5.63. The Bertz CT molecular complexity index is 272. The highest BCUT2D eigenvalue weighted by Gasteiger charge is 1.96. The normalized spacial score (nSPS) is 10.0. The monoisotopic (exact) mass is 175 g/mol. The third-order valence-corrected chi connectivity index (χ3v) is 2.14. The lowest BCUT2D eigenvalue weighted by molar-refractivity contribution is 0.816. The van der Waals surface area contributed by atoms with E-state index < -0.39 is 0 Å². The summed E-state index contributed by atoms with van der Waals surface area (Å²) in [5, 5.41) is 3.12. The molecule has 0 saturated carbocycles. The number of aryl methyl sites for hydroxylation is 1. The van der Waals surface area contributed by atoms with Gasteiger partial charge in [0, 0.05) is 0 Å². The smallest absolute Gasteiger partial charge is 0.00114 e. The van der Waals surface area contributed by atoms with Gasteiger partial charge in [0.15, 0.2) is 0 Å². The number of benzene rings is 1. The molecule has 1 nitrogen and oxygen atoms in total. The maximum Gasteiger partial charge on any atom is -0.00114 e. The first kappa shape index (κ1) is 10.0. The van der Waals surface area contributed by atoms with Crippen molar-refractivity contribution in [1.29, 1.82) is 0 Å². The van der Waals surface area contributed by atoms with Crippen molar-refractivity contribution in [3.05, 3.63) is 42.0 Å². The van der Waals surface area contributed by atoms with E-state index in [0.717, 1.165) is 13.0 Å². The molecule has 70 valence electrons. The molecule has 0 unspecified atom stereocenters. The highest BCUT2D eigenvalue weighted by Crippen LogP contribution is 2.15. The van der Waals surface area contributed by atoms with Crippen molar-refractivity contribution >= 4 is 5.57 Å². The van der Waals surface area contributed by atoms with Crippen LogP contribution in [-0.4, -0.2) is 13.6 Å². The molecule has 0 aromatic heterocycles. The molecule has 1 heteroatoms. The van der Waals surface area contributed by atoms with E-state index in [4.69, 9.17) is 0 Å². The van der Waals surface area contributed by atoms with Crippen molar-refractivity contribution in [3.8, 4) is 0 Å². The summed E-state index contributed by atoms with van der Waals surface area (Å²) in [7, 11) is 1.96. The SMILES string of the molecule is C=C(CCNC)c1ccc(C)cc1. The predicted octanol–water partition coefficient (Wildman–Crippen LogP) is 2.62. The summed E-state index contributed by atoms with van der Waals surface area (Å²) in [6, 6.07) is 8.51. The Balaban J connectivity index is 2.61. The molecule has 0 atom stereocenters. The second kappa shape index (κ2) is 4.83. The van der Waals surface area contributed by atoms with E-state index in [1.165, 1.54) is 16.7 Å². The van der Waals surface area contributed by atoms with Gasteiger partial charge in [0.05, 0.1) is 0 Å². The Morgan fingerprint density at radius 3 is 2.46 bits per heavy atom. The minimum Gasteiger partial charge on any atom is -0.319 e. The fourth-order valence-corrected chi connectivity index (χ4v) is 1.21. The van der Waals surface area contributed by atoms with Crippen LogP contribution in [0.1, 0.15) is 17.5 Å². The van der Waals surface area contributed by atoms with Crippen LogP contribution in [0.15, 0.2) is 30.8 Å². The molecular weight excluding hydrogens is 158 g/mol. The molecule has 0 aliphatic carbocycles. The highest BCUT2D eigenvalue weighted by atomic mass is 14.8. The first-order valence-electron chi connectivity index (χ1n) is 4.63. The predicted molar refractivity (Wildman–Crippen MR) is 58.8 cm³/mol. The molecule has 0 bridgehead atoms. The molecule has 1 rings (SSSR count). The van der Waals surface area contributed by atoms with Crippen molar-refractivity contribution in [2.24, 2.45) is 0 Å². The maximum atomic E-state index is 4.05. The standard InChI is InChI=1S/C12H17N/c1-10-4-6-12(7-5-10)11(2)8-9-13-3/h4-7,13H,2,8-9H2,1,3H3. The van der Waals surface area contributed by atoms with Gasteiger partial charge in [-0.3, -0.25) is 0 Å². The van der Waals surface area contributed by atoms with E-state index in [1.807, 2.05) is 7.05 Å². The van der Waals surface area contributed by atoms with Crippen molar-refractivity contribution in [2.45, 2.75) is 13.3 Å². The fourth-order valence-electron chi connectivity index (χ4n) is 1.21. The number of rotatable bonds is 4. The quantitative estimate of drug-likeness (QED) is 0.741. The molecule has 1 aromatic rings. The average molecular weight is 175 g/mol. The molecule has 13 heavy (non-hydrogen) atoms. The minimum atomic E-state index is 0.993. The summed E-state index contributed by atoms with van der Waals surface area (Å²) in [6.07, 6.45) is 1.01. The molecule has 0 radical (unpaired) electrons. The molecule has 0 aliphatic heterocycles. The van der Waals surface area contributed by atoms with Gasteiger partial charge in [-0.1, -0.05) is 36.4 Å². The molecule has 0 amide bonds. The van der Waals surface area contributed by atoms with E-state index in [9.17, 15) is 0 Å². The van der Waals surface area contributed by atoms with Crippen LogP contribution in [0.5, 0.6) is 0 Å². The molecule has 0 saturated heterocycles. The van der Waals surface area contributed by atoms with Crippen LogP contribution < -0.4 is 5.32 Å². The van der Waals surface area contributed by atoms with Gasteiger partial charge in [-0.2, -0.15) is 0 Å². The van der Waals surface area contributed by atoms with Crippen molar-refractivity contribution in [1.82, 2.24) is 5.32 Å². The molecular formula is C12H17N. The molecule has 0 aliphatic rings. The Hall–Kier alpha value is -1.08. The molecule has 0 spiro atoms. The maximum absolute atomic E-state index is 4.05. The van der Waals surface area contributed by atoms with Gasteiger partial charge in [-0.25, -0.2) is 0 Å². The Morgan fingerprint density at radius 1 is 1.31 bits per heavy atom. The van der Waals surface area contributed by atoms with Crippen LogP contribution in [0.2, 0.25) is 0 Å². The van der Waals surface area contributed by atoms with Gasteiger partial charge in [0.25, 0.3) is 0 Å². The van der Waals surface area contributed by atoms with Crippen molar-refractivity contribution in [2.75, 3.05) is 13.6 Å². The first-order valence-corrected chi connectivity index (χ1v) is 4.63. The molecule has 0 heterocycles.